The summed E-state index contributed by atoms with van der Waals surface area (Å²) in [4.78, 5) is 8.20. The van der Waals surface area contributed by atoms with Crippen molar-refractivity contribution in [3.05, 3.63) is 47.9 Å². The highest BCUT2D eigenvalue weighted by Crippen LogP contribution is 2.32. The third kappa shape index (κ3) is 2.85. The number of piperidine rings is 1. The minimum atomic E-state index is -3.59. The number of hydrogen-bond donors (Lipinski definition) is 0. The van der Waals surface area contributed by atoms with Crippen LogP contribution in [-0.4, -0.2) is 40.2 Å². The molecule has 8 heteroatoms. The van der Waals surface area contributed by atoms with Gasteiger partial charge in [-0.05, 0) is 42.9 Å². The van der Waals surface area contributed by atoms with Crippen molar-refractivity contribution in [2.24, 2.45) is 0 Å². The molecule has 0 amide bonds. The van der Waals surface area contributed by atoms with E-state index in [-0.39, 0.29) is 5.09 Å². The van der Waals surface area contributed by atoms with Gasteiger partial charge in [-0.2, -0.15) is 4.31 Å². The molecule has 1 aliphatic rings. The van der Waals surface area contributed by atoms with Crippen LogP contribution >= 0.6 is 0 Å². The van der Waals surface area contributed by atoms with Gasteiger partial charge in [-0.3, -0.25) is 0 Å². The molecule has 132 valence electrons. The number of aromatic nitrogens is 3. The van der Waals surface area contributed by atoms with Gasteiger partial charge in [0.1, 0.15) is 5.65 Å². The van der Waals surface area contributed by atoms with Crippen LogP contribution in [0.15, 0.2) is 40.4 Å². The van der Waals surface area contributed by atoms with Gasteiger partial charge in [0, 0.05) is 38.6 Å². The van der Waals surface area contributed by atoms with Gasteiger partial charge in [0.05, 0.1) is 6.20 Å². The molecule has 4 heterocycles. The maximum atomic E-state index is 12.6. The number of nitrogens with zero attached hydrogens (tertiary/aromatic N) is 4. The molecule has 3 aromatic rings. The van der Waals surface area contributed by atoms with Crippen LogP contribution in [0.4, 0.5) is 0 Å². The third-order valence-corrected chi connectivity index (χ3v) is 6.61. The zero-order valence-electron chi connectivity index (χ0n) is 14.2. The maximum Gasteiger partial charge on any atom is 0.278 e. The summed E-state index contributed by atoms with van der Waals surface area (Å²) in [6.45, 7) is 4.69. The molecule has 25 heavy (non-hydrogen) atoms. The Labute approximate surface area is 146 Å². The van der Waals surface area contributed by atoms with E-state index in [1.54, 1.807) is 13.1 Å². The smallest absolute Gasteiger partial charge is 0.278 e. The topological polar surface area (TPSA) is 80.7 Å². The van der Waals surface area contributed by atoms with Crippen LogP contribution in [0.5, 0.6) is 0 Å². The Balaban J connectivity index is 1.53. The summed E-state index contributed by atoms with van der Waals surface area (Å²) < 4.78 is 34.0. The number of pyridine rings is 1. The van der Waals surface area contributed by atoms with Gasteiger partial charge in [0.25, 0.3) is 15.1 Å². The predicted molar refractivity (Wildman–Crippen MR) is 91.9 cm³/mol. The second-order valence-electron chi connectivity index (χ2n) is 6.48. The summed E-state index contributed by atoms with van der Waals surface area (Å²) in [5.74, 6) is 0.701. The Kier molecular flexibility index (Phi) is 3.88. The Hall–Kier alpha value is -2.19. The molecule has 0 atom stereocenters. The molecule has 7 nitrogen and oxygen atoms in total. The van der Waals surface area contributed by atoms with Gasteiger partial charge >= 0.3 is 0 Å². The van der Waals surface area contributed by atoms with Crippen molar-refractivity contribution in [1.29, 1.82) is 0 Å². The number of oxazole rings is 1. The van der Waals surface area contributed by atoms with Crippen LogP contribution in [0.1, 0.15) is 35.8 Å². The van der Waals surface area contributed by atoms with Crippen LogP contribution < -0.4 is 0 Å². The second kappa shape index (κ2) is 5.96. The molecule has 0 unspecified atom stereocenters. The van der Waals surface area contributed by atoms with Gasteiger partial charge in [-0.25, -0.2) is 18.4 Å². The third-order valence-electron chi connectivity index (χ3n) is 4.87. The molecule has 0 aromatic carbocycles. The van der Waals surface area contributed by atoms with Gasteiger partial charge in [-0.15, -0.1) is 0 Å². The van der Waals surface area contributed by atoms with Gasteiger partial charge in [-0.1, -0.05) is 0 Å². The standard InChI is InChI=1S/C17H20N4O3S/c1-12-9-16-18-5-8-20(16)11-15(12)14-3-6-21(7-4-14)25(22,23)17-10-19-13(2)24-17/h5,8-11,14H,3-4,6-7H2,1-2H3. The van der Waals surface area contributed by atoms with E-state index >= 15 is 0 Å². The number of fused-ring (bicyclic) bond motifs is 1. The number of rotatable bonds is 3. The lowest BCUT2D eigenvalue weighted by Gasteiger charge is -2.31. The molecule has 1 saturated heterocycles. The van der Waals surface area contributed by atoms with Crippen molar-refractivity contribution in [2.45, 2.75) is 37.7 Å². The summed E-state index contributed by atoms with van der Waals surface area (Å²) in [7, 11) is -3.59. The zero-order valence-corrected chi connectivity index (χ0v) is 15.0. The van der Waals surface area contributed by atoms with Crippen molar-refractivity contribution < 1.29 is 12.8 Å². The first-order chi connectivity index (χ1) is 11.9. The van der Waals surface area contributed by atoms with Crippen LogP contribution in [0, 0.1) is 13.8 Å². The van der Waals surface area contributed by atoms with Gasteiger partial charge in [0.2, 0.25) is 0 Å². The lowest BCUT2D eigenvalue weighted by Crippen LogP contribution is -2.37. The molecular formula is C17H20N4O3S. The molecule has 0 radical (unpaired) electrons. The molecule has 0 bridgehead atoms. The largest absolute Gasteiger partial charge is 0.428 e. The van der Waals surface area contributed by atoms with Crippen molar-refractivity contribution in [2.75, 3.05) is 13.1 Å². The number of hydrogen-bond acceptors (Lipinski definition) is 5. The molecule has 1 aliphatic heterocycles. The van der Waals surface area contributed by atoms with Crippen molar-refractivity contribution in [1.82, 2.24) is 18.7 Å². The van der Waals surface area contributed by atoms with Crippen LogP contribution in [-0.2, 0) is 10.0 Å². The fourth-order valence-corrected chi connectivity index (χ4v) is 4.85. The molecule has 4 rings (SSSR count). The first-order valence-electron chi connectivity index (χ1n) is 8.31. The zero-order chi connectivity index (χ0) is 17.6. The van der Waals surface area contributed by atoms with Gasteiger partial charge < -0.3 is 8.82 Å². The first kappa shape index (κ1) is 16.3. The van der Waals surface area contributed by atoms with Gasteiger partial charge in [0.15, 0.2) is 5.89 Å². The Morgan fingerprint density at radius 1 is 1.20 bits per heavy atom. The highest BCUT2D eigenvalue weighted by Gasteiger charge is 2.32. The number of sulfonamides is 1. The highest BCUT2D eigenvalue weighted by molar-refractivity contribution is 7.89. The summed E-state index contributed by atoms with van der Waals surface area (Å²) in [5.41, 5.74) is 3.39. The van der Waals surface area contributed by atoms with E-state index in [9.17, 15) is 8.42 Å². The van der Waals surface area contributed by atoms with Crippen LogP contribution in [0.25, 0.3) is 5.65 Å². The Morgan fingerprint density at radius 3 is 2.64 bits per heavy atom. The van der Waals surface area contributed by atoms with E-state index in [0.29, 0.717) is 24.9 Å². The molecule has 0 spiro atoms. The lowest BCUT2D eigenvalue weighted by molar-refractivity contribution is 0.307. The molecular weight excluding hydrogens is 340 g/mol. The van der Waals surface area contributed by atoms with E-state index in [1.807, 2.05) is 10.6 Å². The van der Waals surface area contributed by atoms with E-state index in [0.717, 1.165) is 18.5 Å². The monoisotopic (exact) mass is 360 g/mol. The average Bonchev–Trinajstić information content (AvgIpc) is 3.23. The Bertz CT molecular complexity index is 1010. The number of imidazole rings is 1. The molecule has 0 aliphatic carbocycles. The summed E-state index contributed by atoms with van der Waals surface area (Å²) in [6.07, 6.45) is 8.69. The maximum absolute atomic E-state index is 12.6. The van der Waals surface area contributed by atoms with E-state index in [2.05, 4.69) is 29.2 Å². The summed E-state index contributed by atoms with van der Waals surface area (Å²) >= 11 is 0. The molecule has 0 saturated carbocycles. The molecule has 1 fully saturated rings. The number of aryl methyl sites for hydroxylation is 2. The minimum absolute atomic E-state index is 0.0699. The normalized spacial score (nSPS) is 17.4. The lowest BCUT2D eigenvalue weighted by atomic mass is 9.89. The van der Waals surface area contributed by atoms with Crippen molar-refractivity contribution in [3.63, 3.8) is 0 Å². The average molecular weight is 360 g/mol. The van der Waals surface area contributed by atoms with Crippen LogP contribution in [0.2, 0.25) is 0 Å². The van der Waals surface area contributed by atoms with Crippen molar-refractivity contribution >= 4 is 15.7 Å². The fourth-order valence-electron chi connectivity index (χ4n) is 3.50. The summed E-state index contributed by atoms with van der Waals surface area (Å²) in [6, 6.07) is 2.08. The van der Waals surface area contributed by atoms with E-state index in [1.165, 1.54) is 21.6 Å². The Morgan fingerprint density at radius 2 is 1.96 bits per heavy atom. The van der Waals surface area contributed by atoms with Crippen molar-refractivity contribution in [3.8, 4) is 0 Å². The van der Waals surface area contributed by atoms with E-state index in [4.69, 9.17) is 4.42 Å². The first-order valence-corrected chi connectivity index (χ1v) is 9.75. The summed E-state index contributed by atoms with van der Waals surface area (Å²) in [5, 5.41) is -0.0699. The molecule has 3 aromatic heterocycles. The molecule has 0 N–H and O–H groups in total. The highest BCUT2D eigenvalue weighted by atomic mass is 32.2. The van der Waals surface area contributed by atoms with Crippen LogP contribution in [0.3, 0.4) is 0 Å². The quantitative estimate of drug-likeness (QED) is 0.717. The predicted octanol–water partition coefficient (Wildman–Crippen LogP) is 2.51. The fraction of sp³-hybridized carbons (Fsp3) is 0.412. The SMILES string of the molecule is Cc1ncc(S(=O)(=O)N2CCC(c3cn4ccnc4cc3C)CC2)o1. The van der Waals surface area contributed by atoms with E-state index < -0.39 is 10.0 Å². The second-order valence-corrected chi connectivity index (χ2v) is 8.35. The minimum Gasteiger partial charge on any atom is -0.428 e.